The second-order valence-electron chi connectivity index (χ2n) is 6.59. The number of ether oxygens (including phenoxy) is 3. The Morgan fingerprint density at radius 2 is 1.24 bits per heavy atom. The molecule has 0 heterocycles. The van der Waals surface area contributed by atoms with Gasteiger partial charge in [-0.3, -0.25) is 0 Å². The number of hydrogen-bond donors (Lipinski definition) is 3. The predicted octanol–water partition coefficient (Wildman–Crippen LogP) is -0.959. The van der Waals surface area contributed by atoms with E-state index in [1.165, 1.54) is 0 Å². The van der Waals surface area contributed by atoms with Gasteiger partial charge >= 0.3 is 0 Å². The molecule has 0 aliphatic rings. The molecule has 0 rings (SSSR count). The summed E-state index contributed by atoms with van der Waals surface area (Å²) < 4.78 is 17.3. The van der Waals surface area contributed by atoms with Crippen molar-refractivity contribution >= 4 is 0 Å². The Kier molecular flexibility index (Phi) is 11.2. The van der Waals surface area contributed by atoms with E-state index in [0.717, 1.165) is 6.42 Å². The highest BCUT2D eigenvalue weighted by atomic mass is 16.5. The molecule has 0 spiro atoms. The van der Waals surface area contributed by atoms with E-state index in [0.29, 0.717) is 39.6 Å². The van der Waals surface area contributed by atoms with Crippen molar-refractivity contribution in [1.29, 1.82) is 0 Å². The summed E-state index contributed by atoms with van der Waals surface area (Å²) >= 11 is 0. The van der Waals surface area contributed by atoms with Gasteiger partial charge in [0.25, 0.3) is 0 Å². The summed E-state index contributed by atoms with van der Waals surface area (Å²) in [6.07, 6.45) is 0.934. The molecule has 3 atom stereocenters. The maximum Gasteiger partial charge on any atom is 0.105 e. The van der Waals surface area contributed by atoms with Crippen LogP contribution in [0.25, 0.3) is 0 Å². The largest absolute Gasteiger partial charge is 0.379 e. The summed E-state index contributed by atoms with van der Waals surface area (Å²) in [7, 11) is 0. The molecule has 0 saturated carbocycles. The predicted molar refractivity (Wildman–Crippen MR) is 83.5 cm³/mol. The van der Waals surface area contributed by atoms with E-state index in [2.05, 4.69) is 18.4 Å². The Labute approximate surface area is 129 Å². The van der Waals surface area contributed by atoms with E-state index >= 15 is 0 Å². The Balaban J connectivity index is 4.43. The molecule has 128 valence electrons. The van der Waals surface area contributed by atoms with Crippen LogP contribution in [0.2, 0.25) is 0 Å². The molecule has 6 heteroatoms. The van der Waals surface area contributed by atoms with Crippen molar-refractivity contribution < 1.29 is 25.7 Å². The van der Waals surface area contributed by atoms with Gasteiger partial charge in [-0.05, 0) is 27.2 Å². The zero-order chi connectivity index (χ0) is 16.3. The molecule has 0 aromatic heterocycles. The van der Waals surface area contributed by atoms with Gasteiger partial charge in [0.05, 0.1) is 39.6 Å². The highest BCUT2D eigenvalue weighted by Crippen LogP contribution is 2.24. The van der Waals surface area contributed by atoms with Crippen LogP contribution in [0.3, 0.4) is 0 Å². The van der Waals surface area contributed by atoms with Crippen LogP contribution in [-0.2, 0) is 14.2 Å². The van der Waals surface area contributed by atoms with Crippen molar-refractivity contribution in [3.63, 3.8) is 0 Å². The first-order chi connectivity index (χ1) is 9.81. The van der Waals surface area contributed by atoms with Crippen LogP contribution < -0.4 is 17.2 Å². The third-order valence-corrected chi connectivity index (χ3v) is 3.16. The first-order valence-corrected chi connectivity index (χ1v) is 7.96. The molecule has 0 aliphatic carbocycles. The lowest BCUT2D eigenvalue weighted by atomic mass is 9.88. The Bertz CT molecular complexity index is 212. The van der Waals surface area contributed by atoms with Gasteiger partial charge in [-0.2, -0.15) is 0 Å². The summed E-state index contributed by atoms with van der Waals surface area (Å²) in [5, 5.41) is 0. The smallest absolute Gasteiger partial charge is 0.105 e. The molecule has 0 aliphatic heterocycles. The molecule has 0 aromatic carbocycles. The van der Waals surface area contributed by atoms with Crippen LogP contribution in [0, 0.1) is 5.41 Å². The second kappa shape index (κ2) is 11.3. The van der Waals surface area contributed by atoms with E-state index in [-0.39, 0.29) is 23.5 Å². The quantitative estimate of drug-likeness (QED) is 0.407. The monoisotopic (exact) mass is 307 g/mol. The molecular formula is C15H37N3O3+2. The van der Waals surface area contributed by atoms with Crippen LogP contribution in [0.1, 0.15) is 34.1 Å². The fourth-order valence-electron chi connectivity index (χ4n) is 1.85. The van der Waals surface area contributed by atoms with Crippen LogP contribution in [-0.4, -0.2) is 57.8 Å². The lowest BCUT2D eigenvalue weighted by Crippen LogP contribution is -2.61. The number of quaternary nitrogens is 2. The summed E-state index contributed by atoms with van der Waals surface area (Å²) in [5.74, 6) is 0. The van der Waals surface area contributed by atoms with Crippen LogP contribution >= 0.6 is 0 Å². The SMILES string of the molecule is CCC(COCC(C)N)(COCC(C)[NH3+])COCC(C)[NH3+]. The first kappa shape index (κ1) is 20.8. The lowest BCUT2D eigenvalue weighted by Gasteiger charge is -2.32. The van der Waals surface area contributed by atoms with Gasteiger partial charge in [0, 0.05) is 11.5 Å². The third-order valence-electron chi connectivity index (χ3n) is 3.16. The summed E-state index contributed by atoms with van der Waals surface area (Å²) in [6.45, 7) is 11.9. The maximum absolute atomic E-state index is 5.80. The molecule has 8 N–H and O–H groups in total. The van der Waals surface area contributed by atoms with Crippen molar-refractivity contribution in [2.45, 2.75) is 52.2 Å². The van der Waals surface area contributed by atoms with Gasteiger partial charge in [0.1, 0.15) is 12.1 Å². The fourth-order valence-corrected chi connectivity index (χ4v) is 1.85. The zero-order valence-electron chi connectivity index (χ0n) is 14.4. The van der Waals surface area contributed by atoms with E-state index < -0.39 is 0 Å². The minimum atomic E-state index is -0.126. The van der Waals surface area contributed by atoms with Gasteiger partial charge in [-0.1, -0.05) is 6.92 Å². The molecule has 0 radical (unpaired) electrons. The minimum Gasteiger partial charge on any atom is -0.379 e. The van der Waals surface area contributed by atoms with Crippen molar-refractivity contribution in [1.82, 2.24) is 0 Å². The average Bonchev–Trinajstić information content (AvgIpc) is 2.36. The van der Waals surface area contributed by atoms with Crippen LogP contribution in [0.5, 0.6) is 0 Å². The van der Waals surface area contributed by atoms with Crippen LogP contribution in [0.4, 0.5) is 0 Å². The molecule has 0 saturated heterocycles. The Morgan fingerprint density at radius 3 is 1.52 bits per heavy atom. The van der Waals surface area contributed by atoms with E-state index in [1.807, 2.05) is 20.8 Å². The highest BCUT2D eigenvalue weighted by Gasteiger charge is 2.30. The number of nitrogens with two attached hydrogens (primary N) is 1. The van der Waals surface area contributed by atoms with Gasteiger partial charge in [-0.15, -0.1) is 0 Å². The van der Waals surface area contributed by atoms with E-state index in [1.54, 1.807) is 0 Å². The second-order valence-corrected chi connectivity index (χ2v) is 6.59. The molecule has 21 heavy (non-hydrogen) atoms. The zero-order valence-corrected chi connectivity index (χ0v) is 14.4. The molecule has 0 amide bonds. The van der Waals surface area contributed by atoms with Gasteiger partial charge < -0.3 is 31.4 Å². The van der Waals surface area contributed by atoms with Gasteiger partial charge in [0.15, 0.2) is 0 Å². The Morgan fingerprint density at radius 1 is 0.857 bits per heavy atom. The number of hydrogen-bond acceptors (Lipinski definition) is 4. The summed E-state index contributed by atoms with van der Waals surface area (Å²) in [4.78, 5) is 0. The molecular weight excluding hydrogens is 270 g/mol. The topological polar surface area (TPSA) is 109 Å². The van der Waals surface area contributed by atoms with E-state index in [9.17, 15) is 0 Å². The van der Waals surface area contributed by atoms with Crippen LogP contribution in [0.15, 0.2) is 0 Å². The molecule has 0 aromatic rings. The molecule has 0 fully saturated rings. The summed E-state index contributed by atoms with van der Waals surface area (Å²) in [5.41, 5.74) is 13.5. The molecule has 6 nitrogen and oxygen atoms in total. The van der Waals surface area contributed by atoms with Crippen molar-refractivity contribution in [2.24, 2.45) is 11.1 Å². The Hall–Kier alpha value is -0.240. The minimum absolute atomic E-state index is 0.0427. The van der Waals surface area contributed by atoms with E-state index in [4.69, 9.17) is 19.9 Å². The van der Waals surface area contributed by atoms with Crippen molar-refractivity contribution in [2.75, 3.05) is 39.6 Å². The van der Waals surface area contributed by atoms with Crippen molar-refractivity contribution in [3.8, 4) is 0 Å². The summed E-state index contributed by atoms with van der Waals surface area (Å²) in [6, 6.07) is 0.608. The normalized spacial score (nSPS) is 19.0. The van der Waals surface area contributed by atoms with Gasteiger partial charge in [0.2, 0.25) is 0 Å². The van der Waals surface area contributed by atoms with Crippen molar-refractivity contribution in [3.05, 3.63) is 0 Å². The lowest BCUT2D eigenvalue weighted by molar-refractivity contribution is -0.422. The molecule has 0 bridgehead atoms. The number of rotatable bonds is 13. The third kappa shape index (κ3) is 11.0. The average molecular weight is 307 g/mol. The molecule has 3 unspecified atom stereocenters. The maximum atomic E-state index is 5.80. The highest BCUT2D eigenvalue weighted by molar-refractivity contribution is 4.78. The standard InChI is InChI=1S/C15H35N3O3/c1-5-15(9-19-6-12(2)16,10-20-7-13(3)17)11-21-8-14(4)18/h12-14H,5-11,16-18H2,1-4H3/p+2. The first-order valence-electron chi connectivity index (χ1n) is 7.96. The van der Waals surface area contributed by atoms with Gasteiger partial charge in [-0.25, -0.2) is 0 Å². The fraction of sp³-hybridized carbons (Fsp3) is 1.00.